The third-order valence-electron chi connectivity index (χ3n) is 3.53. The smallest absolute Gasteiger partial charge is 0.326 e. The molecule has 0 saturated heterocycles. The van der Waals surface area contributed by atoms with Crippen LogP contribution in [-0.2, 0) is 4.79 Å². The predicted octanol–water partition coefficient (Wildman–Crippen LogP) is 2.28. The van der Waals surface area contributed by atoms with E-state index in [9.17, 15) is 14.7 Å². The van der Waals surface area contributed by atoms with Gasteiger partial charge in [-0.1, -0.05) is 20.8 Å². The zero-order valence-electron chi connectivity index (χ0n) is 14.1. The van der Waals surface area contributed by atoms with E-state index in [1.165, 1.54) is 6.20 Å². The molecule has 2 heterocycles. The van der Waals surface area contributed by atoms with Gasteiger partial charge in [-0.15, -0.1) is 0 Å². The summed E-state index contributed by atoms with van der Waals surface area (Å²) in [5, 5.41) is 16.0. The highest BCUT2D eigenvalue weighted by atomic mass is 16.4. The molecule has 128 valence electrons. The molecule has 2 aromatic heterocycles. The molecule has 7 heteroatoms. The number of carboxylic acids is 1. The monoisotopic (exact) mass is 330 g/mol. The van der Waals surface area contributed by atoms with Crippen LogP contribution in [0.2, 0.25) is 0 Å². The molecule has 0 aromatic carbocycles. The molecule has 0 radical (unpaired) electrons. The minimum absolute atomic E-state index is 0.00329. The highest BCUT2D eigenvalue weighted by Crippen LogP contribution is 2.21. The van der Waals surface area contributed by atoms with Crippen LogP contribution in [0.15, 0.2) is 36.8 Å². The van der Waals surface area contributed by atoms with Crippen molar-refractivity contribution in [2.75, 3.05) is 0 Å². The van der Waals surface area contributed by atoms with Gasteiger partial charge in [0, 0.05) is 18.6 Å². The zero-order chi connectivity index (χ0) is 17.7. The molecule has 0 fully saturated rings. The Morgan fingerprint density at radius 1 is 1.33 bits per heavy atom. The lowest BCUT2D eigenvalue weighted by Gasteiger charge is -2.21. The number of amides is 1. The number of nitrogens with zero attached hydrogens (tertiary/aromatic N) is 3. The summed E-state index contributed by atoms with van der Waals surface area (Å²) in [5.41, 5.74) is 0.836. The molecule has 1 amide bonds. The Hall–Kier alpha value is -2.70. The number of carbonyl (C=O) groups excluding carboxylic acids is 1. The molecule has 1 atom stereocenters. The Morgan fingerprint density at radius 2 is 2.08 bits per heavy atom. The standard InChI is InChI=1S/C17H22N4O3/c1-17(2,3)7-5-13(16(23)24)20-15(22)14-11-12(6-9-18-14)21-10-4-8-19-21/h4,6,8-11,13H,5,7H2,1-3H3,(H,20,22)(H,23,24). The average Bonchev–Trinajstić information content (AvgIpc) is 3.04. The van der Waals surface area contributed by atoms with Crippen molar-refractivity contribution in [1.82, 2.24) is 20.1 Å². The molecule has 0 spiro atoms. The van der Waals surface area contributed by atoms with Gasteiger partial charge in [-0.2, -0.15) is 5.10 Å². The topological polar surface area (TPSA) is 97.1 Å². The van der Waals surface area contributed by atoms with Crippen LogP contribution in [0.5, 0.6) is 0 Å². The quantitative estimate of drug-likeness (QED) is 0.847. The molecule has 0 aliphatic heterocycles. The highest BCUT2D eigenvalue weighted by molar-refractivity contribution is 5.95. The van der Waals surface area contributed by atoms with E-state index in [4.69, 9.17) is 0 Å². The van der Waals surface area contributed by atoms with E-state index in [1.807, 2.05) is 20.8 Å². The van der Waals surface area contributed by atoms with Crippen LogP contribution >= 0.6 is 0 Å². The van der Waals surface area contributed by atoms with Crippen molar-refractivity contribution in [2.45, 2.75) is 39.7 Å². The fourth-order valence-corrected chi connectivity index (χ4v) is 2.17. The van der Waals surface area contributed by atoms with Crippen molar-refractivity contribution in [3.8, 4) is 5.69 Å². The number of hydrogen-bond acceptors (Lipinski definition) is 4. The number of pyridine rings is 1. The molecule has 2 N–H and O–H groups in total. The van der Waals surface area contributed by atoms with E-state index in [1.54, 1.807) is 35.3 Å². The van der Waals surface area contributed by atoms with Gasteiger partial charge in [0.25, 0.3) is 5.91 Å². The van der Waals surface area contributed by atoms with Gasteiger partial charge in [-0.3, -0.25) is 9.78 Å². The second-order valence-corrected chi connectivity index (χ2v) is 6.81. The summed E-state index contributed by atoms with van der Waals surface area (Å²) in [5.74, 6) is -1.55. The Kier molecular flexibility index (Phi) is 5.33. The van der Waals surface area contributed by atoms with Gasteiger partial charge in [0.05, 0.1) is 5.69 Å². The van der Waals surface area contributed by atoms with Gasteiger partial charge >= 0.3 is 5.97 Å². The highest BCUT2D eigenvalue weighted by Gasteiger charge is 2.23. The Balaban J connectivity index is 2.10. The molecular formula is C17H22N4O3. The Bertz CT molecular complexity index is 705. The van der Waals surface area contributed by atoms with Gasteiger partial charge in [0.2, 0.25) is 0 Å². The molecule has 0 aliphatic rings. The summed E-state index contributed by atoms with van der Waals surface area (Å²) in [6.45, 7) is 6.09. The van der Waals surface area contributed by atoms with Crippen molar-refractivity contribution in [2.24, 2.45) is 5.41 Å². The van der Waals surface area contributed by atoms with E-state index in [-0.39, 0.29) is 11.1 Å². The van der Waals surface area contributed by atoms with Crippen LogP contribution in [0.25, 0.3) is 5.69 Å². The van der Waals surface area contributed by atoms with Crippen molar-refractivity contribution < 1.29 is 14.7 Å². The summed E-state index contributed by atoms with van der Waals surface area (Å²) in [7, 11) is 0. The third-order valence-corrected chi connectivity index (χ3v) is 3.53. The zero-order valence-corrected chi connectivity index (χ0v) is 14.1. The number of aliphatic carboxylic acids is 1. The number of carboxylic acid groups (broad SMARTS) is 1. The number of rotatable bonds is 6. The fourth-order valence-electron chi connectivity index (χ4n) is 2.17. The van der Waals surface area contributed by atoms with E-state index < -0.39 is 17.9 Å². The summed E-state index contributed by atoms with van der Waals surface area (Å²) >= 11 is 0. The first-order chi connectivity index (χ1) is 11.3. The molecular weight excluding hydrogens is 308 g/mol. The molecule has 2 aromatic rings. The van der Waals surface area contributed by atoms with E-state index in [0.29, 0.717) is 18.5 Å². The summed E-state index contributed by atoms with van der Waals surface area (Å²) in [6, 6.07) is 4.13. The normalized spacial score (nSPS) is 12.6. The largest absolute Gasteiger partial charge is 0.480 e. The van der Waals surface area contributed by atoms with Gasteiger partial charge in [0.1, 0.15) is 11.7 Å². The summed E-state index contributed by atoms with van der Waals surface area (Å²) in [4.78, 5) is 27.8. The minimum atomic E-state index is -1.05. The van der Waals surface area contributed by atoms with Crippen molar-refractivity contribution >= 4 is 11.9 Å². The van der Waals surface area contributed by atoms with Crippen molar-refractivity contribution in [3.63, 3.8) is 0 Å². The lowest BCUT2D eigenvalue weighted by Crippen LogP contribution is -2.41. The maximum absolute atomic E-state index is 12.3. The number of carbonyl (C=O) groups is 2. The second kappa shape index (κ2) is 7.25. The molecule has 0 saturated carbocycles. The average molecular weight is 330 g/mol. The first-order valence-electron chi connectivity index (χ1n) is 7.76. The lowest BCUT2D eigenvalue weighted by atomic mass is 9.88. The predicted molar refractivity (Wildman–Crippen MR) is 88.9 cm³/mol. The SMILES string of the molecule is CC(C)(C)CCC(NC(=O)c1cc(-n2cccn2)ccn1)C(=O)O. The first-order valence-corrected chi connectivity index (χ1v) is 7.76. The van der Waals surface area contributed by atoms with Crippen molar-refractivity contribution in [3.05, 3.63) is 42.5 Å². The van der Waals surface area contributed by atoms with E-state index >= 15 is 0 Å². The van der Waals surface area contributed by atoms with Gasteiger partial charge in [-0.05, 0) is 36.5 Å². The molecule has 7 nitrogen and oxygen atoms in total. The third kappa shape index (κ3) is 4.91. The van der Waals surface area contributed by atoms with Crippen LogP contribution < -0.4 is 5.32 Å². The molecule has 0 bridgehead atoms. The van der Waals surface area contributed by atoms with Crippen LogP contribution in [0.4, 0.5) is 0 Å². The number of nitrogens with one attached hydrogen (secondary N) is 1. The van der Waals surface area contributed by atoms with E-state index in [2.05, 4.69) is 15.4 Å². The summed E-state index contributed by atoms with van der Waals surface area (Å²) in [6.07, 6.45) is 5.93. The number of hydrogen-bond donors (Lipinski definition) is 2. The van der Waals surface area contributed by atoms with Crippen LogP contribution in [0, 0.1) is 5.41 Å². The van der Waals surface area contributed by atoms with E-state index in [0.717, 1.165) is 0 Å². The maximum atomic E-state index is 12.3. The summed E-state index contributed by atoms with van der Waals surface area (Å²) < 4.78 is 1.60. The fraction of sp³-hybridized carbons (Fsp3) is 0.412. The molecule has 0 aliphatic carbocycles. The van der Waals surface area contributed by atoms with Crippen molar-refractivity contribution in [1.29, 1.82) is 0 Å². The maximum Gasteiger partial charge on any atom is 0.326 e. The van der Waals surface area contributed by atoms with Gasteiger partial charge < -0.3 is 10.4 Å². The number of aromatic nitrogens is 3. The van der Waals surface area contributed by atoms with Gasteiger partial charge in [0.15, 0.2) is 0 Å². The Labute approximate surface area is 140 Å². The molecule has 1 unspecified atom stereocenters. The van der Waals surface area contributed by atoms with Crippen LogP contribution in [0.1, 0.15) is 44.1 Å². The first kappa shape index (κ1) is 17.7. The molecule has 24 heavy (non-hydrogen) atoms. The minimum Gasteiger partial charge on any atom is -0.480 e. The van der Waals surface area contributed by atoms with Gasteiger partial charge in [-0.25, -0.2) is 9.48 Å². The molecule has 2 rings (SSSR count). The second-order valence-electron chi connectivity index (χ2n) is 6.81. The lowest BCUT2D eigenvalue weighted by molar-refractivity contribution is -0.139. The van der Waals surface area contributed by atoms with Crippen LogP contribution in [0.3, 0.4) is 0 Å². The van der Waals surface area contributed by atoms with Crippen LogP contribution in [-0.4, -0.2) is 37.8 Å². The Morgan fingerprint density at radius 3 is 2.67 bits per heavy atom.